The third-order valence-electron chi connectivity index (χ3n) is 3.91. The molecule has 9 heteroatoms. The van der Waals surface area contributed by atoms with E-state index in [1.807, 2.05) is 42.7 Å². The molecule has 0 unspecified atom stereocenters. The Morgan fingerprint density at radius 3 is 2.46 bits per heavy atom. The van der Waals surface area contributed by atoms with E-state index in [9.17, 15) is 14.0 Å². The Hall–Kier alpha value is -3.20. The Kier molecular flexibility index (Phi) is 6.05. The summed E-state index contributed by atoms with van der Waals surface area (Å²) < 4.78 is 14.8. The molecule has 2 N–H and O–H groups in total. The zero-order chi connectivity index (χ0) is 20.1. The normalized spacial score (nSPS) is 10.5. The number of rotatable bonds is 5. The maximum absolute atomic E-state index is 12.9. The zero-order valence-corrected chi connectivity index (χ0v) is 16.1. The molecule has 3 aromatic rings. The third-order valence-corrected chi connectivity index (χ3v) is 4.83. The van der Waals surface area contributed by atoms with Crippen molar-refractivity contribution in [2.24, 2.45) is 0 Å². The predicted octanol–water partition coefficient (Wildman–Crippen LogP) is 2.58. The summed E-state index contributed by atoms with van der Waals surface area (Å²) in [5.41, 5.74) is 6.87. The van der Waals surface area contributed by atoms with E-state index in [-0.39, 0.29) is 11.3 Å². The van der Waals surface area contributed by atoms with Crippen molar-refractivity contribution in [1.29, 1.82) is 0 Å². The number of hydrogen-bond acceptors (Lipinski definition) is 5. The van der Waals surface area contributed by atoms with Crippen LogP contribution in [0.4, 0.5) is 4.39 Å². The molecule has 0 aliphatic carbocycles. The molecule has 0 radical (unpaired) electrons. The lowest BCUT2D eigenvalue weighted by molar-refractivity contribution is -0.119. The number of para-hydroxylation sites is 1. The highest BCUT2D eigenvalue weighted by molar-refractivity contribution is 7.99. The fourth-order valence-corrected chi connectivity index (χ4v) is 3.28. The molecule has 0 aliphatic rings. The molecular formula is C19H18FN5O2S. The number of hydrogen-bond donors (Lipinski definition) is 2. The lowest BCUT2D eigenvalue weighted by atomic mass is 10.2. The van der Waals surface area contributed by atoms with Crippen LogP contribution in [0.5, 0.6) is 0 Å². The molecule has 0 bridgehead atoms. The van der Waals surface area contributed by atoms with Crippen LogP contribution in [0.3, 0.4) is 0 Å². The van der Waals surface area contributed by atoms with Crippen molar-refractivity contribution in [1.82, 2.24) is 25.6 Å². The van der Waals surface area contributed by atoms with E-state index in [2.05, 4.69) is 21.0 Å². The van der Waals surface area contributed by atoms with Gasteiger partial charge in [0.05, 0.1) is 11.4 Å². The van der Waals surface area contributed by atoms with Crippen molar-refractivity contribution >= 4 is 23.6 Å². The number of nitrogens with one attached hydrogen (secondary N) is 2. The van der Waals surface area contributed by atoms with Crippen LogP contribution in [0.15, 0.2) is 53.7 Å². The molecule has 0 aliphatic heterocycles. The molecule has 1 heterocycles. The molecule has 144 valence electrons. The standard InChI is InChI=1S/C19H18FN5O2S/c1-12-5-3-4-6-16(12)25-13(2)21-24-19(25)28-11-17(26)22-23-18(27)14-7-9-15(20)10-8-14/h3-10H,11H2,1-2H3,(H,22,26)(H,23,27). The maximum atomic E-state index is 12.9. The van der Waals surface area contributed by atoms with Crippen molar-refractivity contribution in [3.05, 3.63) is 71.3 Å². The number of aromatic nitrogens is 3. The molecule has 0 saturated carbocycles. The molecule has 2 amide bonds. The first-order valence-corrected chi connectivity index (χ1v) is 9.40. The maximum Gasteiger partial charge on any atom is 0.269 e. The van der Waals surface area contributed by atoms with Crippen LogP contribution in [0.1, 0.15) is 21.7 Å². The average molecular weight is 399 g/mol. The predicted molar refractivity (Wildman–Crippen MR) is 104 cm³/mol. The number of carbonyl (C=O) groups is 2. The quantitative estimate of drug-likeness (QED) is 0.509. The monoisotopic (exact) mass is 399 g/mol. The first-order valence-electron chi connectivity index (χ1n) is 8.41. The number of nitrogens with zero attached hydrogens (tertiary/aromatic N) is 3. The topological polar surface area (TPSA) is 88.9 Å². The summed E-state index contributed by atoms with van der Waals surface area (Å²) in [6.07, 6.45) is 0. The molecule has 0 spiro atoms. The summed E-state index contributed by atoms with van der Waals surface area (Å²) in [4.78, 5) is 24.0. The minimum Gasteiger partial charge on any atom is -0.274 e. The van der Waals surface area contributed by atoms with Crippen LogP contribution in [0.25, 0.3) is 5.69 Å². The Morgan fingerprint density at radius 1 is 1.04 bits per heavy atom. The second-order valence-electron chi connectivity index (χ2n) is 5.95. The molecule has 0 fully saturated rings. The van der Waals surface area contributed by atoms with Crippen molar-refractivity contribution in [3.8, 4) is 5.69 Å². The largest absolute Gasteiger partial charge is 0.274 e. The first-order chi connectivity index (χ1) is 13.5. The van der Waals surface area contributed by atoms with Gasteiger partial charge in [-0.25, -0.2) is 4.39 Å². The van der Waals surface area contributed by atoms with Gasteiger partial charge < -0.3 is 0 Å². The van der Waals surface area contributed by atoms with Crippen molar-refractivity contribution in [2.45, 2.75) is 19.0 Å². The molecule has 1 aromatic heterocycles. The van der Waals surface area contributed by atoms with Crippen LogP contribution >= 0.6 is 11.8 Å². The number of hydrazine groups is 1. The van der Waals surface area contributed by atoms with Gasteiger partial charge in [0, 0.05) is 5.56 Å². The number of carbonyl (C=O) groups excluding carboxylic acids is 2. The van der Waals surface area contributed by atoms with Gasteiger partial charge in [-0.2, -0.15) is 0 Å². The van der Waals surface area contributed by atoms with E-state index in [4.69, 9.17) is 0 Å². The fourth-order valence-electron chi connectivity index (χ4n) is 2.49. The van der Waals surface area contributed by atoms with Crippen LogP contribution in [0.2, 0.25) is 0 Å². The second kappa shape index (κ2) is 8.66. The minimum absolute atomic E-state index is 0.0354. The highest BCUT2D eigenvalue weighted by atomic mass is 32.2. The number of thioether (sulfide) groups is 1. The Labute approximate surface area is 165 Å². The summed E-state index contributed by atoms with van der Waals surface area (Å²) in [5, 5.41) is 8.80. The smallest absolute Gasteiger partial charge is 0.269 e. The number of benzene rings is 2. The summed E-state index contributed by atoms with van der Waals surface area (Å²) >= 11 is 1.21. The van der Waals surface area contributed by atoms with Crippen molar-refractivity contribution < 1.29 is 14.0 Å². The number of amides is 2. The Balaban J connectivity index is 1.59. The van der Waals surface area contributed by atoms with E-state index in [1.165, 1.54) is 36.0 Å². The van der Waals surface area contributed by atoms with Crippen LogP contribution in [-0.4, -0.2) is 32.3 Å². The molecule has 2 aromatic carbocycles. The van der Waals surface area contributed by atoms with Gasteiger partial charge in [0.1, 0.15) is 11.6 Å². The molecular weight excluding hydrogens is 381 g/mol. The lowest BCUT2D eigenvalue weighted by Gasteiger charge is -2.11. The van der Waals surface area contributed by atoms with Crippen molar-refractivity contribution in [2.75, 3.05) is 5.75 Å². The van der Waals surface area contributed by atoms with E-state index in [0.717, 1.165) is 11.3 Å². The SMILES string of the molecule is Cc1ccccc1-n1c(C)nnc1SCC(=O)NNC(=O)c1ccc(F)cc1. The average Bonchev–Trinajstić information content (AvgIpc) is 3.05. The van der Waals surface area contributed by atoms with Gasteiger partial charge in [-0.1, -0.05) is 30.0 Å². The van der Waals surface area contributed by atoms with Gasteiger partial charge >= 0.3 is 0 Å². The molecule has 28 heavy (non-hydrogen) atoms. The summed E-state index contributed by atoms with van der Waals surface area (Å²) in [7, 11) is 0. The van der Waals surface area contributed by atoms with Crippen LogP contribution in [-0.2, 0) is 4.79 Å². The highest BCUT2D eigenvalue weighted by Crippen LogP contribution is 2.23. The second-order valence-corrected chi connectivity index (χ2v) is 6.89. The number of halogens is 1. The first kappa shape index (κ1) is 19.6. The highest BCUT2D eigenvalue weighted by Gasteiger charge is 2.15. The van der Waals surface area contributed by atoms with E-state index in [1.54, 1.807) is 0 Å². The van der Waals surface area contributed by atoms with Gasteiger partial charge in [-0.05, 0) is 49.7 Å². The third kappa shape index (κ3) is 4.55. The molecule has 0 atom stereocenters. The lowest BCUT2D eigenvalue weighted by Crippen LogP contribution is -2.42. The van der Waals surface area contributed by atoms with Gasteiger partial charge in [0.2, 0.25) is 5.91 Å². The van der Waals surface area contributed by atoms with Gasteiger partial charge in [0.25, 0.3) is 5.91 Å². The van der Waals surface area contributed by atoms with Crippen LogP contribution < -0.4 is 10.9 Å². The summed E-state index contributed by atoms with van der Waals surface area (Å²) in [6, 6.07) is 12.8. The molecule has 0 saturated heterocycles. The van der Waals surface area contributed by atoms with Gasteiger partial charge in [-0.3, -0.25) is 25.0 Å². The Morgan fingerprint density at radius 2 is 1.75 bits per heavy atom. The van der Waals surface area contributed by atoms with E-state index < -0.39 is 17.6 Å². The van der Waals surface area contributed by atoms with Crippen LogP contribution in [0, 0.1) is 19.7 Å². The fraction of sp³-hybridized carbons (Fsp3) is 0.158. The van der Waals surface area contributed by atoms with E-state index >= 15 is 0 Å². The molecule has 3 rings (SSSR count). The van der Waals surface area contributed by atoms with Gasteiger partial charge in [-0.15, -0.1) is 10.2 Å². The number of aryl methyl sites for hydroxylation is 2. The molecule has 7 nitrogen and oxygen atoms in total. The summed E-state index contributed by atoms with van der Waals surface area (Å²) in [6.45, 7) is 3.83. The minimum atomic E-state index is -0.530. The van der Waals surface area contributed by atoms with Crippen molar-refractivity contribution in [3.63, 3.8) is 0 Å². The van der Waals surface area contributed by atoms with Gasteiger partial charge in [0.15, 0.2) is 5.16 Å². The summed E-state index contributed by atoms with van der Waals surface area (Å²) in [5.74, 6) is -0.630. The van der Waals surface area contributed by atoms with E-state index in [0.29, 0.717) is 11.0 Å². The zero-order valence-electron chi connectivity index (χ0n) is 15.3. The Bertz CT molecular complexity index is 1000.